The molecule has 0 spiro atoms. The molecule has 0 aliphatic heterocycles. The fraction of sp³-hybridized carbons (Fsp3) is 0.222. The highest BCUT2D eigenvalue weighted by molar-refractivity contribution is 7.80. The highest BCUT2D eigenvalue weighted by Crippen LogP contribution is 2.26. The first-order valence-corrected chi connectivity index (χ1v) is 7.79. The minimum Gasteiger partial charge on any atom is -0.332 e. The van der Waals surface area contributed by atoms with Gasteiger partial charge in [-0.15, -0.1) is 0 Å². The number of hydrogen-bond donors (Lipinski definition) is 2. The molecule has 2 aromatic carbocycles. The smallest absolute Gasteiger partial charge is 0.257 e. The SMILES string of the molecule is CC[C@@H](C)c1ccccc1NC(=S)NC(=O)c1ccccc1. The number of amides is 1. The van der Waals surface area contributed by atoms with E-state index in [1.807, 2.05) is 36.4 Å². The Labute approximate surface area is 136 Å². The molecule has 0 unspecified atom stereocenters. The number of rotatable bonds is 4. The van der Waals surface area contributed by atoms with Gasteiger partial charge in [0.15, 0.2) is 5.11 Å². The van der Waals surface area contributed by atoms with Gasteiger partial charge in [-0.25, -0.2) is 0 Å². The van der Waals surface area contributed by atoms with Crippen LogP contribution in [0.1, 0.15) is 42.1 Å². The minimum atomic E-state index is -0.209. The van der Waals surface area contributed by atoms with Crippen LogP contribution in [-0.2, 0) is 0 Å². The summed E-state index contributed by atoms with van der Waals surface area (Å²) in [5.41, 5.74) is 2.72. The van der Waals surface area contributed by atoms with Gasteiger partial charge in [0.1, 0.15) is 0 Å². The number of carbonyl (C=O) groups is 1. The summed E-state index contributed by atoms with van der Waals surface area (Å²) in [6.45, 7) is 4.32. The lowest BCUT2D eigenvalue weighted by Gasteiger charge is -2.17. The molecule has 0 fully saturated rings. The van der Waals surface area contributed by atoms with Crippen molar-refractivity contribution < 1.29 is 4.79 Å². The number of anilines is 1. The van der Waals surface area contributed by atoms with Gasteiger partial charge in [-0.2, -0.15) is 0 Å². The summed E-state index contributed by atoms with van der Waals surface area (Å²) in [6.07, 6.45) is 1.04. The van der Waals surface area contributed by atoms with E-state index in [0.717, 1.165) is 12.1 Å². The molecule has 2 rings (SSSR count). The number of benzene rings is 2. The molecule has 2 aromatic rings. The Morgan fingerprint density at radius 2 is 1.73 bits per heavy atom. The first-order valence-electron chi connectivity index (χ1n) is 7.38. The van der Waals surface area contributed by atoms with Gasteiger partial charge >= 0.3 is 0 Å². The Hall–Kier alpha value is -2.20. The zero-order valence-corrected chi connectivity index (χ0v) is 13.6. The van der Waals surface area contributed by atoms with Crippen molar-refractivity contribution in [2.24, 2.45) is 0 Å². The van der Waals surface area contributed by atoms with Crippen molar-refractivity contribution in [1.29, 1.82) is 0 Å². The molecular weight excluding hydrogens is 292 g/mol. The van der Waals surface area contributed by atoms with Crippen LogP contribution in [0.2, 0.25) is 0 Å². The Kier molecular flexibility index (Phi) is 5.67. The van der Waals surface area contributed by atoms with Crippen LogP contribution in [0.3, 0.4) is 0 Å². The molecule has 0 aromatic heterocycles. The van der Waals surface area contributed by atoms with Crippen LogP contribution in [-0.4, -0.2) is 11.0 Å². The highest BCUT2D eigenvalue weighted by atomic mass is 32.1. The molecule has 4 heteroatoms. The maximum absolute atomic E-state index is 12.1. The fourth-order valence-electron chi connectivity index (χ4n) is 2.18. The molecule has 2 N–H and O–H groups in total. The fourth-order valence-corrected chi connectivity index (χ4v) is 2.38. The lowest BCUT2D eigenvalue weighted by Crippen LogP contribution is -2.34. The van der Waals surface area contributed by atoms with E-state index in [1.165, 1.54) is 5.56 Å². The van der Waals surface area contributed by atoms with E-state index >= 15 is 0 Å². The summed E-state index contributed by atoms with van der Waals surface area (Å²) in [6, 6.07) is 17.0. The molecule has 0 bridgehead atoms. The van der Waals surface area contributed by atoms with E-state index in [1.54, 1.807) is 12.1 Å². The predicted molar refractivity (Wildman–Crippen MR) is 95.3 cm³/mol. The van der Waals surface area contributed by atoms with Crippen LogP contribution < -0.4 is 10.6 Å². The summed E-state index contributed by atoms with van der Waals surface area (Å²) in [5.74, 6) is 0.218. The van der Waals surface area contributed by atoms with Crippen molar-refractivity contribution in [3.8, 4) is 0 Å². The van der Waals surface area contributed by atoms with Gasteiger partial charge in [0, 0.05) is 11.3 Å². The molecule has 0 aliphatic carbocycles. The zero-order valence-electron chi connectivity index (χ0n) is 12.8. The van der Waals surface area contributed by atoms with Crippen LogP contribution in [0.5, 0.6) is 0 Å². The Morgan fingerprint density at radius 1 is 1.09 bits per heavy atom. The summed E-state index contributed by atoms with van der Waals surface area (Å²) in [7, 11) is 0. The van der Waals surface area contributed by atoms with E-state index in [0.29, 0.717) is 16.6 Å². The van der Waals surface area contributed by atoms with Crippen LogP contribution in [0.25, 0.3) is 0 Å². The molecule has 0 saturated carbocycles. The van der Waals surface area contributed by atoms with Crippen LogP contribution in [0.4, 0.5) is 5.69 Å². The number of thiocarbonyl (C=S) groups is 1. The summed E-state index contributed by atoms with van der Waals surface area (Å²) < 4.78 is 0. The molecule has 3 nitrogen and oxygen atoms in total. The van der Waals surface area contributed by atoms with Crippen LogP contribution in [0.15, 0.2) is 54.6 Å². The Balaban J connectivity index is 2.05. The average molecular weight is 312 g/mol. The molecule has 1 atom stereocenters. The average Bonchev–Trinajstić information content (AvgIpc) is 2.55. The third kappa shape index (κ3) is 4.15. The van der Waals surface area contributed by atoms with Gasteiger partial charge in [-0.05, 0) is 48.3 Å². The van der Waals surface area contributed by atoms with Crippen molar-refractivity contribution in [3.63, 3.8) is 0 Å². The number of nitrogens with one attached hydrogen (secondary N) is 2. The second kappa shape index (κ2) is 7.71. The Bertz CT molecular complexity index is 655. The molecule has 0 radical (unpaired) electrons. The second-order valence-corrected chi connectivity index (χ2v) is 5.58. The lowest BCUT2D eigenvalue weighted by atomic mass is 9.97. The quantitative estimate of drug-likeness (QED) is 0.826. The molecule has 22 heavy (non-hydrogen) atoms. The third-order valence-electron chi connectivity index (χ3n) is 3.62. The summed E-state index contributed by atoms with van der Waals surface area (Å²) in [5, 5.41) is 6.15. The van der Waals surface area contributed by atoms with Crippen molar-refractivity contribution >= 4 is 28.9 Å². The van der Waals surface area contributed by atoms with Gasteiger partial charge < -0.3 is 5.32 Å². The van der Waals surface area contributed by atoms with Gasteiger partial charge in [0.25, 0.3) is 5.91 Å². The minimum absolute atomic E-state index is 0.209. The lowest BCUT2D eigenvalue weighted by molar-refractivity contribution is 0.0977. The van der Waals surface area contributed by atoms with Crippen LogP contribution in [0, 0.1) is 0 Å². The number of hydrogen-bond acceptors (Lipinski definition) is 2. The Morgan fingerprint density at radius 3 is 2.41 bits per heavy atom. The van der Waals surface area contributed by atoms with E-state index in [-0.39, 0.29) is 5.91 Å². The van der Waals surface area contributed by atoms with E-state index in [9.17, 15) is 4.79 Å². The number of carbonyl (C=O) groups excluding carboxylic acids is 1. The molecule has 0 heterocycles. The largest absolute Gasteiger partial charge is 0.332 e. The first-order chi connectivity index (χ1) is 10.6. The summed E-state index contributed by atoms with van der Waals surface area (Å²) >= 11 is 5.25. The highest BCUT2D eigenvalue weighted by Gasteiger charge is 2.11. The predicted octanol–water partition coefficient (Wildman–Crippen LogP) is 4.33. The van der Waals surface area contributed by atoms with Crippen molar-refractivity contribution in [2.75, 3.05) is 5.32 Å². The van der Waals surface area contributed by atoms with Crippen molar-refractivity contribution in [3.05, 3.63) is 65.7 Å². The topological polar surface area (TPSA) is 41.1 Å². The normalized spacial score (nSPS) is 11.5. The van der Waals surface area contributed by atoms with Crippen LogP contribution >= 0.6 is 12.2 Å². The van der Waals surface area contributed by atoms with Gasteiger partial charge in [0.2, 0.25) is 0 Å². The van der Waals surface area contributed by atoms with Crippen molar-refractivity contribution in [1.82, 2.24) is 5.32 Å². The summed E-state index contributed by atoms with van der Waals surface area (Å²) in [4.78, 5) is 12.1. The second-order valence-electron chi connectivity index (χ2n) is 5.17. The van der Waals surface area contributed by atoms with Crippen molar-refractivity contribution in [2.45, 2.75) is 26.2 Å². The molecule has 114 valence electrons. The van der Waals surface area contributed by atoms with E-state index < -0.39 is 0 Å². The molecule has 0 saturated heterocycles. The van der Waals surface area contributed by atoms with E-state index in [4.69, 9.17) is 12.2 Å². The standard InChI is InChI=1S/C18H20N2OS/c1-3-13(2)15-11-7-8-12-16(15)19-18(22)20-17(21)14-9-5-4-6-10-14/h4-13H,3H2,1-2H3,(H2,19,20,21,22)/t13-/m1/s1. The zero-order chi connectivity index (χ0) is 15.9. The number of para-hydroxylation sites is 1. The van der Waals surface area contributed by atoms with E-state index in [2.05, 4.69) is 30.5 Å². The van der Waals surface area contributed by atoms with Gasteiger partial charge in [0.05, 0.1) is 0 Å². The molecule has 0 aliphatic rings. The molecular formula is C18H20N2OS. The maximum atomic E-state index is 12.1. The van der Waals surface area contributed by atoms with Gasteiger partial charge in [-0.1, -0.05) is 50.2 Å². The third-order valence-corrected chi connectivity index (χ3v) is 3.82. The first kappa shape index (κ1) is 16.2. The maximum Gasteiger partial charge on any atom is 0.257 e. The monoisotopic (exact) mass is 312 g/mol. The van der Waals surface area contributed by atoms with Gasteiger partial charge in [-0.3, -0.25) is 10.1 Å². The molecule has 1 amide bonds.